The molecule has 0 spiro atoms. The molecule has 8 heteroatoms. The van der Waals surface area contributed by atoms with Gasteiger partial charge >= 0.3 is 0 Å². The number of methoxy groups -OCH3 is 1. The second kappa shape index (κ2) is 8.89. The lowest BCUT2D eigenvalue weighted by molar-refractivity contribution is 0.128. The monoisotopic (exact) mass is 346 g/mol. The Morgan fingerprint density at radius 3 is 2.92 bits per heavy atom. The predicted octanol–water partition coefficient (Wildman–Crippen LogP) is 1.18. The number of hydrogen-bond donors (Lipinski definition) is 3. The number of fused-ring (bicyclic) bond motifs is 1. The second-order valence-corrected chi connectivity index (χ2v) is 5.97. The summed E-state index contributed by atoms with van der Waals surface area (Å²) in [6.45, 7) is 6.08. The third-order valence-corrected chi connectivity index (χ3v) is 4.09. The molecule has 0 aliphatic carbocycles. The Kier molecular flexibility index (Phi) is 6.32. The van der Waals surface area contributed by atoms with Crippen LogP contribution in [0.4, 0.5) is 5.82 Å². The van der Waals surface area contributed by atoms with E-state index in [-0.39, 0.29) is 0 Å². The lowest BCUT2D eigenvalue weighted by Crippen LogP contribution is -2.16. The number of aromatic nitrogens is 4. The standard InChI is InChI=1S/C17H26N6O2/c1-3-25-11-16-20-15-5-7-18-6-4-14(15)17(21-16)19-9-12-8-13(10-24-2)23-22-12/h8,18H,3-7,9-11H2,1-2H3,(H,22,23)(H,19,20,21). The molecule has 8 nitrogen and oxygen atoms in total. The number of hydrogen-bond acceptors (Lipinski definition) is 7. The molecule has 0 aromatic carbocycles. The van der Waals surface area contributed by atoms with Crippen molar-refractivity contribution in [3.8, 4) is 0 Å². The van der Waals surface area contributed by atoms with Crippen LogP contribution in [0.1, 0.15) is 35.4 Å². The SMILES string of the molecule is CCOCc1nc2c(c(NCc3cc(COC)n[nH]3)n1)CCNCC2. The highest BCUT2D eigenvalue weighted by molar-refractivity contribution is 5.48. The second-order valence-electron chi connectivity index (χ2n) is 5.97. The largest absolute Gasteiger partial charge is 0.378 e. The van der Waals surface area contributed by atoms with Gasteiger partial charge in [0.1, 0.15) is 12.4 Å². The number of nitrogens with one attached hydrogen (secondary N) is 3. The van der Waals surface area contributed by atoms with Gasteiger partial charge in [-0.25, -0.2) is 9.97 Å². The van der Waals surface area contributed by atoms with E-state index in [1.54, 1.807) is 7.11 Å². The van der Waals surface area contributed by atoms with Crippen LogP contribution in [0.15, 0.2) is 6.07 Å². The molecule has 136 valence electrons. The van der Waals surface area contributed by atoms with Crippen molar-refractivity contribution in [2.75, 3.05) is 32.1 Å². The van der Waals surface area contributed by atoms with Gasteiger partial charge in [-0.2, -0.15) is 5.10 Å². The van der Waals surface area contributed by atoms with Gasteiger partial charge in [0.2, 0.25) is 0 Å². The zero-order chi connectivity index (χ0) is 17.5. The molecule has 0 bridgehead atoms. The summed E-state index contributed by atoms with van der Waals surface area (Å²) in [6, 6.07) is 2.00. The topological polar surface area (TPSA) is 97.0 Å². The van der Waals surface area contributed by atoms with E-state index in [9.17, 15) is 0 Å². The first kappa shape index (κ1) is 17.8. The van der Waals surface area contributed by atoms with Crippen LogP contribution in [-0.2, 0) is 42.1 Å². The van der Waals surface area contributed by atoms with Crippen molar-refractivity contribution in [2.45, 2.75) is 39.5 Å². The number of aromatic amines is 1. The molecular weight excluding hydrogens is 320 g/mol. The number of rotatable bonds is 8. The van der Waals surface area contributed by atoms with Crippen molar-refractivity contribution >= 4 is 5.82 Å². The van der Waals surface area contributed by atoms with E-state index in [1.165, 1.54) is 5.56 Å². The predicted molar refractivity (Wildman–Crippen MR) is 94.3 cm³/mol. The average molecular weight is 346 g/mol. The van der Waals surface area contributed by atoms with Crippen molar-refractivity contribution in [3.63, 3.8) is 0 Å². The number of H-pyrrole nitrogens is 1. The molecule has 3 heterocycles. The van der Waals surface area contributed by atoms with E-state index >= 15 is 0 Å². The van der Waals surface area contributed by atoms with Crippen LogP contribution in [0.3, 0.4) is 0 Å². The van der Waals surface area contributed by atoms with Gasteiger partial charge in [0.05, 0.1) is 30.2 Å². The molecule has 3 N–H and O–H groups in total. The molecule has 2 aromatic rings. The molecule has 25 heavy (non-hydrogen) atoms. The maximum atomic E-state index is 5.49. The first-order valence-corrected chi connectivity index (χ1v) is 8.73. The summed E-state index contributed by atoms with van der Waals surface area (Å²) in [5.74, 6) is 1.63. The fraction of sp³-hybridized carbons (Fsp3) is 0.588. The Labute approximate surface area is 147 Å². The van der Waals surface area contributed by atoms with E-state index in [0.717, 1.165) is 54.7 Å². The zero-order valence-electron chi connectivity index (χ0n) is 14.9. The summed E-state index contributed by atoms with van der Waals surface area (Å²) in [4.78, 5) is 9.39. The Hall–Kier alpha value is -2.03. The van der Waals surface area contributed by atoms with Crippen LogP contribution in [0.2, 0.25) is 0 Å². The zero-order valence-corrected chi connectivity index (χ0v) is 14.9. The molecule has 0 atom stereocenters. The molecule has 0 radical (unpaired) electrons. The van der Waals surface area contributed by atoms with Gasteiger partial charge in [0.25, 0.3) is 0 Å². The molecule has 0 saturated carbocycles. The molecule has 1 aliphatic rings. The maximum Gasteiger partial charge on any atom is 0.156 e. The van der Waals surface area contributed by atoms with Crippen molar-refractivity contribution in [3.05, 3.63) is 34.5 Å². The lowest BCUT2D eigenvalue weighted by Gasteiger charge is -2.14. The number of anilines is 1. The molecule has 0 fully saturated rings. The highest BCUT2D eigenvalue weighted by atomic mass is 16.5. The third-order valence-electron chi connectivity index (χ3n) is 4.09. The molecule has 2 aromatic heterocycles. The van der Waals surface area contributed by atoms with E-state index in [1.807, 2.05) is 13.0 Å². The van der Waals surface area contributed by atoms with Crippen LogP contribution in [0.25, 0.3) is 0 Å². The fourth-order valence-corrected chi connectivity index (χ4v) is 2.90. The highest BCUT2D eigenvalue weighted by Crippen LogP contribution is 2.21. The molecule has 1 aliphatic heterocycles. The summed E-state index contributed by atoms with van der Waals surface area (Å²) in [5, 5.41) is 14.1. The molecule has 0 amide bonds. The van der Waals surface area contributed by atoms with E-state index in [2.05, 4.69) is 25.8 Å². The first-order valence-electron chi connectivity index (χ1n) is 8.73. The summed E-state index contributed by atoms with van der Waals surface area (Å²) in [5.41, 5.74) is 4.20. The molecular formula is C17H26N6O2. The van der Waals surface area contributed by atoms with Gasteiger partial charge in [-0.05, 0) is 26.0 Å². The van der Waals surface area contributed by atoms with Crippen molar-refractivity contribution in [2.24, 2.45) is 0 Å². The Morgan fingerprint density at radius 1 is 1.20 bits per heavy atom. The minimum Gasteiger partial charge on any atom is -0.378 e. The summed E-state index contributed by atoms with van der Waals surface area (Å²) in [6.07, 6.45) is 1.83. The van der Waals surface area contributed by atoms with Crippen LogP contribution in [-0.4, -0.2) is 47.0 Å². The quantitative estimate of drug-likeness (QED) is 0.660. The average Bonchev–Trinajstić information content (AvgIpc) is 2.93. The van der Waals surface area contributed by atoms with Gasteiger partial charge in [-0.1, -0.05) is 0 Å². The van der Waals surface area contributed by atoms with Crippen LogP contribution >= 0.6 is 0 Å². The van der Waals surface area contributed by atoms with Crippen molar-refractivity contribution in [1.82, 2.24) is 25.5 Å². The van der Waals surface area contributed by atoms with Gasteiger partial charge in [-0.3, -0.25) is 5.10 Å². The van der Waals surface area contributed by atoms with Crippen molar-refractivity contribution in [1.29, 1.82) is 0 Å². The summed E-state index contributed by atoms with van der Waals surface area (Å²) >= 11 is 0. The Morgan fingerprint density at radius 2 is 2.08 bits per heavy atom. The van der Waals surface area contributed by atoms with Gasteiger partial charge in [-0.15, -0.1) is 0 Å². The van der Waals surface area contributed by atoms with Gasteiger partial charge in [0, 0.05) is 32.2 Å². The number of nitrogens with zero attached hydrogens (tertiary/aromatic N) is 3. The van der Waals surface area contributed by atoms with E-state index in [0.29, 0.717) is 26.4 Å². The number of ether oxygens (including phenoxy) is 2. The molecule has 0 saturated heterocycles. The van der Waals surface area contributed by atoms with Crippen molar-refractivity contribution < 1.29 is 9.47 Å². The van der Waals surface area contributed by atoms with Crippen LogP contribution < -0.4 is 10.6 Å². The fourth-order valence-electron chi connectivity index (χ4n) is 2.90. The molecule has 0 unspecified atom stereocenters. The smallest absolute Gasteiger partial charge is 0.156 e. The van der Waals surface area contributed by atoms with Gasteiger partial charge < -0.3 is 20.1 Å². The Balaban J connectivity index is 1.77. The molecule has 3 rings (SSSR count). The van der Waals surface area contributed by atoms with E-state index in [4.69, 9.17) is 14.5 Å². The minimum atomic E-state index is 0.438. The Bertz CT molecular complexity index is 688. The normalized spacial score (nSPS) is 14.2. The minimum absolute atomic E-state index is 0.438. The van der Waals surface area contributed by atoms with Crippen LogP contribution in [0.5, 0.6) is 0 Å². The summed E-state index contributed by atoms with van der Waals surface area (Å²) in [7, 11) is 1.66. The van der Waals surface area contributed by atoms with Crippen LogP contribution in [0, 0.1) is 0 Å². The lowest BCUT2D eigenvalue weighted by atomic mass is 10.1. The van der Waals surface area contributed by atoms with E-state index < -0.39 is 0 Å². The first-order chi connectivity index (χ1) is 12.3. The maximum absolute atomic E-state index is 5.49. The summed E-state index contributed by atoms with van der Waals surface area (Å²) < 4.78 is 10.6. The highest BCUT2D eigenvalue weighted by Gasteiger charge is 2.17. The van der Waals surface area contributed by atoms with Gasteiger partial charge in [0.15, 0.2) is 5.82 Å². The third kappa shape index (κ3) is 4.75.